The zero-order chi connectivity index (χ0) is 12.9. The number of halogens is 1. The average Bonchev–Trinajstić information content (AvgIpc) is 2.47. The van der Waals surface area contributed by atoms with Crippen LogP contribution in [0.25, 0.3) is 0 Å². The van der Waals surface area contributed by atoms with Gasteiger partial charge < -0.3 is 5.32 Å². The van der Waals surface area contributed by atoms with Gasteiger partial charge in [-0.3, -0.25) is 0 Å². The van der Waals surface area contributed by atoms with E-state index in [4.69, 9.17) is 0 Å². The highest BCUT2D eigenvalue weighted by molar-refractivity contribution is 5.85. The van der Waals surface area contributed by atoms with Crippen LogP contribution in [0.15, 0.2) is 18.2 Å². The summed E-state index contributed by atoms with van der Waals surface area (Å²) in [6.45, 7) is 3.52. The Morgan fingerprint density at radius 2 is 2.15 bits per heavy atom. The van der Waals surface area contributed by atoms with E-state index in [9.17, 15) is 0 Å². The van der Waals surface area contributed by atoms with Crippen LogP contribution in [0.2, 0.25) is 0 Å². The van der Waals surface area contributed by atoms with Gasteiger partial charge in [-0.05, 0) is 61.3 Å². The molecule has 2 heteroatoms. The number of piperidine rings is 1. The van der Waals surface area contributed by atoms with Crippen LogP contribution in [0, 0.1) is 5.92 Å². The first-order valence-electron chi connectivity index (χ1n) is 8.19. The molecule has 0 spiro atoms. The van der Waals surface area contributed by atoms with Crippen LogP contribution in [-0.2, 0) is 18.3 Å². The minimum atomic E-state index is 0. The smallest absolute Gasteiger partial charge is 0.0144 e. The summed E-state index contributed by atoms with van der Waals surface area (Å²) in [5.74, 6) is 0.912. The van der Waals surface area contributed by atoms with Gasteiger partial charge in [-0.1, -0.05) is 38.0 Å². The van der Waals surface area contributed by atoms with Crippen molar-refractivity contribution in [3.63, 3.8) is 0 Å². The van der Waals surface area contributed by atoms with Crippen molar-refractivity contribution < 1.29 is 0 Å². The van der Waals surface area contributed by atoms with E-state index < -0.39 is 0 Å². The van der Waals surface area contributed by atoms with Crippen molar-refractivity contribution in [2.24, 2.45) is 5.92 Å². The third kappa shape index (κ3) is 1.94. The topological polar surface area (TPSA) is 12.0 Å². The molecule has 3 aliphatic rings. The van der Waals surface area contributed by atoms with Crippen molar-refractivity contribution in [2.45, 2.75) is 63.3 Å². The second-order valence-corrected chi connectivity index (χ2v) is 6.87. The van der Waals surface area contributed by atoms with Crippen LogP contribution in [0.1, 0.15) is 55.7 Å². The first kappa shape index (κ1) is 14.4. The molecule has 1 saturated heterocycles. The predicted molar refractivity (Wildman–Crippen MR) is 86.8 cm³/mol. The van der Waals surface area contributed by atoms with Gasteiger partial charge in [-0.25, -0.2) is 0 Å². The van der Waals surface area contributed by atoms with Crippen LogP contribution in [-0.4, -0.2) is 12.6 Å². The molecule has 1 heterocycles. The molecule has 1 saturated carbocycles. The van der Waals surface area contributed by atoms with Gasteiger partial charge in [0.05, 0.1) is 0 Å². The molecule has 110 valence electrons. The Kier molecular flexibility index (Phi) is 3.85. The minimum Gasteiger partial charge on any atom is -0.313 e. The molecule has 2 aliphatic carbocycles. The minimum absolute atomic E-state index is 0. The molecule has 20 heavy (non-hydrogen) atoms. The molecule has 0 unspecified atom stereocenters. The Bertz CT molecular complexity index is 494. The summed E-state index contributed by atoms with van der Waals surface area (Å²) < 4.78 is 0. The first-order chi connectivity index (χ1) is 9.33. The molecule has 4 rings (SSSR count). The van der Waals surface area contributed by atoms with Gasteiger partial charge in [0.25, 0.3) is 0 Å². The molecule has 1 aromatic rings. The van der Waals surface area contributed by atoms with E-state index in [1.54, 1.807) is 11.1 Å². The highest BCUT2D eigenvalue weighted by atomic mass is 35.5. The zero-order valence-corrected chi connectivity index (χ0v) is 13.3. The van der Waals surface area contributed by atoms with Crippen molar-refractivity contribution in [1.29, 1.82) is 0 Å². The third-order valence-electron chi connectivity index (χ3n) is 6.12. The number of hydrogen-bond donors (Lipinski definition) is 1. The molecule has 0 radical (unpaired) electrons. The van der Waals surface area contributed by atoms with Gasteiger partial charge in [0.2, 0.25) is 0 Å². The molecule has 0 aromatic heterocycles. The number of hydrogen-bond acceptors (Lipinski definition) is 1. The molecule has 0 amide bonds. The van der Waals surface area contributed by atoms with Gasteiger partial charge >= 0.3 is 0 Å². The molecule has 2 bridgehead atoms. The molecule has 3 atom stereocenters. The van der Waals surface area contributed by atoms with E-state index >= 15 is 0 Å². The number of fused-ring (bicyclic) bond motifs is 1. The van der Waals surface area contributed by atoms with Gasteiger partial charge in [-0.2, -0.15) is 0 Å². The SMILES string of the molecule is CCc1ccc2c(c1)[C@@]13CCCC[C@H]1[C@@H](C2)NCC3.Cl. The summed E-state index contributed by atoms with van der Waals surface area (Å²) in [6.07, 6.45) is 9.60. The van der Waals surface area contributed by atoms with Crippen LogP contribution < -0.4 is 5.32 Å². The summed E-state index contributed by atoms with van der Waals surface area (Å²) >= 11 is 0. The molecule has 1 aromatic carbocycles. The summed E-state index contributed by atoms with van der Waals surface area (Å²) in [7, 11) is 0. The summed E-state index contributed by atoms with van der Waals surface area (Å²) in [5.41, 5.74) is 5.46. The van der Waals surface area contributed by atoms with Crippen molar-refractivity contribution in [3.8, 4) is 0 Å². The second-order valence-electron chi connectivity index (χ2n) is 6.87. The molecule has 2 fully saturated rings. The van der Waals surface area contributed by atoms with Gasteiger partial charge in [0.15, 0.2) is 0 Å². The van der Waals surface area contributed by atoms with Crippen molar-refractivity contribution in [2.75, 3.05) is 6.54 Å². The summed E-state index contributed by atoms with van der Waals surface area (Å²) in [4.78, 5) is 0. The van der Waals surface area contributed by atoms with Crippen LogP contribution in [0.5, 0.6) is 0 Å². The Labute approximate surface area is 128 Å². The van der Waals surface area contributed by atoms with Gasteiger partial charge in [-0.15, -0.1) is 12.4 Å². The Morgan fingerprint density at radius 1 is 1.25 bits per heavy atom. The maximum Gasteiger partial charge on any atom is 0.0144 e. The van der Waals surface area contributed by atoms with Crippen molar-refractivity contribution >= 4 is 12.4 Å². The first-order valence-corrected chi connectivity index (χ1v) is 8.19. The maximum atomic E-state index is 3.81. The second kappa shape index (κ2) is 5.35. The van der Waals surface area contributed by atoms with Gasteiger partial charge in [0.1, 0.15) is 0 Å². The predicted octanol–water partition coefficient (Wildman–Crippen LogP) is 4.02. The molecule has 1 nitrogen and oxygen atoms in total. The lowest BCUT2D eigenvalue weighted by Gasteiger charge is -2.56. The largest absolute Gasteiger partial charge is 0.313 e. The highest BCUT2D eigenvalue weighted by Gasteiger charge is 2.51. The van der Waals surface area contributed by atoms with E-state index in [1.165, 1.54) is 57.1 Å². The fraction of sp³-hybridized carbons (Fsp3) is 0.667. The van der Waals surface area contributed by atoms with E-state index in [0.29, 0.717) is 5.41 Å². The fourth-order valence-corrected chi connectivity index (χ4v) is 5.19. The Morgan fingerprint density at radius 3 is 3.00 bits per heavy atom. The normalized spacial score (nSPS) is 34.6. The Hall–Kier alpha value is -0.530. The quantitative estimate of drug-likeness (QED) is 0.824. The zero-order valence-electron chi connectivity index (χ0n) is 12.5. The average molecular weight is 292 g/mol. The molecular formula is C18H26ClN. The van der Waals surface area contributed by atoms with E-state index in [-0.39, 0.29) is 12.4 Å². The Balaban J connectivity index is 0.00000121. The highest BCUT2D eigenvalue weighted by Crippen LogP contribution is 2.53. The monoisotopic (exact) mass is 291 g/mol. The number of benzene rings is 1. The molecule has 1 N–H and O–H groups in total. The van der Waals surface area contributed by atoms with Crippen molar-refractivity contribution in [1.82, 2.24) is 5.32 Å². The van der Waals surface area contributed by atoms with E-state index in [0.717, 1.165) is 12.0 Å². The number of aryl methyl sites for hydroxylation is 1. The third-order valence-corrected chi connectivity index (χ3v) is 6.12. The number of nitrogens with one attached hydrogen (secondary N) is 1. The molecule has 1 aliphatic heterocycles. The summed E-state index contributed by atoms with van der Waals surface area (Å²) in [5, 5.41) is 3.81. The van der Waals surface area contributed by atoms with Crippen LogP contribution in [0.4, 0.5) is 0 Å². The van der Waals surface area contributed by atoms with Crippen LogP contribution in [0.3, 0.4) is 0 Å². The lowest BCUT2D eigenvalue weighted by atomic mass is 9.52. The summed E-state index contributed by atoms with van der Waals surface area (Å²) in [6, 6.07) is 8.11. The van der Waals surface area contributed by atoms with E-state index in [2.05, 4.69) is 30.4 Å². The van der Waals surface area contributed by atoms with E-state index in [1.807, 2.05) is 0 Å². The lowest BCUT2D eigenvalue weighted by Crippen LogP contribution is -2.59. The van der Waals surface area contributed by atoms with Crippen LogP contribution >= 0.6 is 12.4 Å². The van der Waals surface area contributed by atoms with Crippen molar-refractivity contribution in [3.05, 3.63) is 34.9 Å². The number of rotatable bonds is 1. The fourth-order valence-electron chi connectivity index (χ4n) is 5.19. The molecular weight excluding hydrogens is 266 g/mol. The van der Waals surface area contributed by atoms with Gasteiger partial charge in [0, 0.05) is 11.5 Å². The maximum absolute atomic E-state index is 3.81. The lowest BCUT2D eigenvalue weighted by molar-refractivity contribution is 0.0797. The standard InChI is InChI=1S/C18H25N.ClH/c1-2-13-6-7-14-12-17-15-5-3-4-8-18(15,9-10-19-17)16(14)11-13;/h6-7,11,15,17,19H,2-5,8-10,12H2,1H3;1H/t15-,17+,18+;/m0./s1.